The van der Waals surface area contributed by atoms with Crippen LogP contribution in [0.1, 0.15) is 36.9 Å². The van der Waals surface area contributed by atoms with Crippen molar-refractivity contribution in [2.45, 2.75) is 32.6 Å². The Hall–Kier alpha value is -1.95. The van der Waals surface area contributed by atoms with Crippen LogP contribution in [0.5, 0.6) is 11.5 Å². The SMILES string of the molecule is CC(C)(C)c1nc(Nc2cccc(Cl)c2Cl)sc1Cc1ccc2c(c1)OCO2. The van der Waals surface area contributed by atoms with E-state index in [1.165, 1.54) is 4.88 Å². The molecule has 4 nitrogen and oxygen atoms in total. The molecule has 1 aliphatic heterocycles. The fourth-order valence-corrected chi connectivity index (χ4v) is 4.63. The molecule has 0 fully saturated rings. The van der Waals surface area contributed by atoms with Gasteiger partial charge in [-0.25, -0.2) is 4.98 Å². The highest BCUT2D eigenvalue weighted by Crippen LogP contribution is 2.39. The maximum atomic E-state index is 6.32. The van der Waals surface area contributed by atoms with Gasteiger partial charge in [0.2, 0.25) is 6.79 Å². The Morgan fingerprint density at radius 2 is 1.89 bits per heavy atom. The summed E-state index contributed by atoms with van der Waals surface area (Å²) in [7, 11) is 0. The molecule has 2 aromatic carbocycles. The fourth-order valence-electron chi connectivity index (χ4n) is 3.06. The summed E-state index contributed by atoms with van der Waals surface area (Å²) in [6.45, 7) is 6.78. The number of rotatable bonds is 4. The van der Waals surface area contributed by atoms with Crippen LogP contribution in [0.25, 0.3) is 0 Å². The minimum absolute atomic E-state index is 0.0831. The van der Waals surface area contributed by atoms with Crippen molar-refractivity contribution in [2.75, 3.05) is 12.1 Å². The molecule has 0 saturated heterocycles. The summed E-state index contributed by atoms with van der Waals surface area (Å²) in [5, 5.41) is 5.12. The van der Waals surface area contributed by atoms with Gasteiger partial charge in [-0.1, -0.05) is 56.1 Å². The van der Waals surface area contributed by atoms with Gasteiger partial charge in [-0.05, 0) is 29.8 Å². The first-order valence-electron chi connectivity index (χ1n) is 8.91. The Kier molecular flexibility index (Phi) is 5.17. The molecule has 1 aromatic heterocycles. The largest absolute Gasteiger partial charge is 0.454 e. The smallest absolute Gasteiger partial charge is 0.231 e. The van der Waals surface area contributed by atoms with Crippen LogP contribution in [-0.2, 0) is 11.8 Å². The second kappa shape index (κ2) is 7.47. The van der Waals surface area contributed by atoms with Gasteiger partial charge in [-0.2, -0.15) is 0 Å². The highest BCUT2D eigenvalue weighted by atomic mass is 35.5. The van der Waals surface area contributed by atoms with E-state index in [4.69, 9.17) is 37.7 Å². The van der Waals surface area contributed by atoms with Crippen molar-refractivity contribution >= 4 is 45.4 Å². The summed E-state index contributed by atoms with van der Waals surface area (Å²) in [4.78, 5) is 6.07. The molecule has 28 heavy (non-hydrogen) atoms. The van der Waals surface area contributed by atoms with Gasteiger partial charge in [0.05, 0.1) is 21.4 Å². The maximum absolute atomic E-state index is 6.32. The minimum Gasteiger partial charge on any atom is -0.454 e. The second-order valence-corrected chi connectivity index (χ2v) is 9.50. The number of ether oxygens (including phenoxy) is 2. The first-order valence-corrected chi connectivity index (χ1v) is 10.5. The van der Waals surface area contributed by atoms with Crippen LogP contribution in [0.2, 0.25) is 10.0 Å². The number of halogens is 2. The molecule has 0 atom stereocenters. The first kappa shape index (κ1) is 19.4. The normalized spacial score (nSPS) is 13.0. The van der Waals surface area contributed by atoms with Gasteiger partial charge >= 0.3 is 0 Å². The molecule has 1 aliphatic rings. The van der Waals surface area contributed by atoms with Gasteiger partial charge < -0.3 is 14.8 Å². The van der Waals surface area contributed by atoms with Crippen LogP contribution in [-0.4, -0.2) is 11.8 Å². The quantitative estimate of drug-likeness (QED) is 0.489. The Labute approximate surface area is 178 Å². The molecule has 1 N–H and O–H groups in total. The van der Waals surface area contributed by atoms with E-state index < -0.39 is 0 Å². The van der Waals surface area contributed by atoms with Gasteiger partial charge in [0.25, 0.3) is 0 Å². The highest BCUT2D eigenvalue weighted by molar-refractivity contribution is 7.15. The Morgan fingerprint density at radius 3 is 2.68 bits per heavy atom. The Bertz CT molecular complexity index is 1030. The van der Waals surface area contributed by atoms with E-state index in [1.807, 2.05) is 24.3 Å². The Balaban J connectivity index is 1.65. The molecular formula is C21H20Cl2N2O2S. The van der Waals surface area contributed by atoms with E-state index in [-0.39, 0.29) is 12.2 Å². The number of nitrogens with zero attached hydrogens (tertiary/aromatic N) is 1. The second-order valence-electron chi connectivity index (χ2n) is 7.63. The number of thiazole rings is 1. The number of aromatic nitrogens is 1. The summed E-state index contributed by atoms with van der Waals surface area (Å²) < 4.78 is 10.9. The summed E-state index contributed by atoms with van der Waals surface area (Å²) in [6, 6.07) is 11.6. The average molecular weight is 435 g/mol. The molecule has 2 heterocycles. The number of nitrogens with one attached hydrogen (secondary N) is 1. The van der Waals surface area contributed by atoms with E-state index in [2.05, 4.69) is 32.2 Å². The summed E-state index contributed by atoms with van der Waals surface area (Å²) in [5.41, 5.74) is 2.89. The van der Waals surface area contributed by atoms with Crippen LogP contribution in [0.4, 0.5) is 10.8 Å². The molecule has 0 radical (unpaired) electrons. The van der Waals surface area contributed by atoms with Crippen LogP contribution in [0, 0.1) is 0 Å². The van der Waals surface area contributed by atoms with Crippen molar-refractivity contribution in [3.05, 3.63) is 62.6 Å². The van der Waals surface area contributed by atoms with Crippen LogP contribution in [0.3, 0.4) is 0 Å². The van der Waals surface area contributed by atoms with Crippen LogP contribution >= 0.6 is 34.5 Å². The topological polar surface area (TPSA) is 43.4 Å². The molecular weight excluding hydrogens is 415 g/mol. The third kappa shape index (κ3) is 3.93. The third-order valence-corrected chi connectivity index (χ3v) is 6.19. The lowest BCUT2D eigenvalue weighted by Gasteiger charge is -2.17. The standard InChI is InChI=1S/C21H20Cl2N2O2S/c1-21(2,3)19-17(10-12-7-8-15-16(9-12)27-11-26-15)28-20(25-19)24-14-6-4-5-13(22)18(14)23/h4-9H,10-11H2,1-3H3,(H,24,25). The predicted molar refractivity (Wildman–Crippen MR) is 116 cm³/mol. The molecule has 0 aliphatic carbocycles. The van der Waals surface area contributed by atoms with E-state index in [9.17, 15) is 0 Å². The maximum Gasteiger partial charge on any atom is 0.231 e. The molecule has 0 amide bonds. The zero-order chi connectivity index (χ0) is 19.9. The molecule has 3 aromatic rings. The lowest BCUT2D eigenvalue weighted by Crippen LogP contribution is -2.14. The average Bonchev–Trinajstić information content (AvgIpc) is 3.25. The monoisotopic (exact) mass is 434 g/mol. The third-order valence-electron chi connectivity index (χ3n) is 4.40. The van der Waals surface area contributed by atoms with E-state index >= 15 is 0 Å². The molecule has 146 valence electrons. The van der Waals surface area contributed by atoms with Crippen molar-refractivity contribution in [1.82, 2.24) is 4.98 Å². The van der Waals surface area contributed by atoms with Crippen molar-refractivity contribution in [3.63, 3.8) is 0 Å². The van der Waals surface area contributed by atoms with Gasteiger partial charge in [-0.15, -0.1) is 11.3 Å². The zero-order valence-electron chi connectivity index (χ0n) is 15.8. The molecule has 0 bridgehead atoms. The van der Waals surface area contributed by atoms with Crippen molar-refractivity contribution in [3.8, 4) is 11.5 Å². The molecule has 7 heteroatoms. The van der Waals surface area contributed by atoms with Crippen molar-refractivity contribution in [2.24, 2.45) is 0 Å². The highest BCUT2D eigenvalue weighted by Gasteiger charge is 2.24. The fraction of sp³-hybridized carbons (Fsp3) is 0.286. The molecule has 0 spiro atoms. The first-order chi connectivity index (χ1) is 13.3. The van der Waals surface area contributed by atoms with Crippen LogP contribution < -0.4 is 14.8 Å². The predicted octanol–water partition coefficient (Wildman–Crippen LogP) is 6.81. The van der Waals surface area contributed by atoms with E-state index in [0.717, 1.165) is 40.0 Å². The Morgan fingerprint density at radius 1 is 1.11 bits per heavy atom. The van der Waals surface area contributed by atoms with Gasteiger partial charge in [0.15, 0.2) is 16.6 Å². The number of hydrogen-bond donors (Lipinski definition) is 1. The number of hydrogen-bond acceptors (Lipinski definition) is 5. The van der Waals surface area contributed by atoms with E-state index in [0.29, 0.717) is 10.0 Å². The summed E-state index contributed by atoms with van der Waals surface area (Å²) in [5.74, 6) is 1.59. The zero-order valence-corrected chi connectivity index (χ0v) is 18.1. The number of fused-ring (bicyclic) bond motifs is 1. The number of benzene rings is 2. The minimum atomic E-state index is -0.0831. The lowest BCUT2D eigenvalue weighted by molar-refractivity contribution is 0.174. The van der Waals surface area contributed by atoms with Crippen LogP contribution in [0.15, 0.2) is 36.4 Å². The van der Waals surface area contributed by atoms with Gasteiger partial charge in [0.1, 0.15) is 0 Å². The summed E-state index contributed by atoms with van der Waals surface area (Å²) >= 11 is 14.1. The van der Waals surface area contributed by atoms with E-state index in [1.54, 1.807) is 17.4 Å². The van der Waals surface area contributed by atoms with Crippen molar-refractivity contribution < 1.29 is 9.47 Å². The van der Waals surface area contributed by atoms with Gasteiger partial charge in [-0.3, -0.25) is 0 Å². The lowest BCUT2D eigenvalue weighted by atomic mass is 9.90. The molecule has 0 saturated carbocycles. The molecule has 4 rings (SSSR count). The van der Waals surface area contributed by atoms with Crippen molar-refractivity contribution in [1.29, 1.82) is 0 Å². The molecule has 0 unspecified atom stereocenters. The van der Waals surface area contributed by atoms with Gasteiger partial charge in [0, 0.05) is 16.7 Å². The number of anilines is 2. The summed E-state index contributed by atoms with van der Waals surface area (Å²) in [6.07, 6.45) is 0.770.